The Morgan fingerprint density at radius 2 is 1.75 bits per heavy atom. The van der Waals surface area contributed by atoms with Gasteiger partial charge < -0.3 is 9.47 Å². The molecule has 0 saturated carbocycles. The van der Waals surface area contributed by atoms with Gasteiger partial charge in [0.25, 0.3) is 5.91 Å². The summed E-state index contributed by atoms with van der Waals surface area (Å²) in [7, 11) is 3.10. The molecule has 1 unspecified atom stereocenters. The minimum atomic E-state index is -0.259. The maximum absolute atomic E-state index is 12.6. The third-order valence-corrected chi connectivity index (χ3v) is 5.48. The van der Waals surface area contributed by atoms with Crippen LogP contribution in [0.15, 0.2) is 47.8 Å². The summed E-state index contributed by atoms with van der Waals surface area (Å²) in [6.45, 7) is 4.41. The monoisotopic (exact) mass is 396 g/mol. The number of hydrogen-bond donors (Lipinski definition) is 1. The molecule has 0 saturated heterocycles. The molecule has 0 bridgehead atoms. The topological polar surface area (TPSA) is 60.5 Å². The van der Waals surface area contributed by atoms with E-state index in [-0.39, 0.29) is 5.91 Å². The molecule has 5 nitrogen and oxygen atoms in total. The Kier molecular flexibility index (Phi) is 6.31. The zero-order valence-corrected chi connectivity index (χ0v) is 17.3. The Balaban J connectivity index is 1.75. The van der Waals surface area contributed by atoms with Gasteiger partial charge in [-0.15, -0.1) is 11.3 Å². The van der Waals surface area contributed by atoms with Gasteiger partial charge in [0, 0.05) is 22.6 Å². The summed E-state index contributed by atoms with van der Waals surface area (Å²) < 4.78 is 10.4. The first kappa shape index (κ1) is 19.9. The van der Waals surface area contributed by atoms with Crippen LogP contribution in [-0.4, -0.2) is 25.1 Å². The van der Waals surface area contributed by atoms with Crippen LogP contribution in [0.25, 0.3) is 11.3 Å². The van der Waals surface area contributed by atoms with E-state index < -0.39 is 0 Å². The first-order chi connectivity index (χ1) is 13.5. The zero-order chi connectivity index (χ0) is 20.1. The van der Waals surface area contributed by atoms with E-state index in [9.17, 15) is 4.79 Å². The van der Waals surface area contributed by atoms with Crippen molar-refractivity contribution in [3.05, 3.63) is 59.0 Å². The van der Waals surface area contributed by atoms with Crippen LogP contribution in [0.3, 0.4) is 0 Å². The molecule has 0 aliphatic rings. The van der Waals surface area contributed by atoms with Crippen LogP contribution >= 0.6 is 11.3 Å². The number of benzene rings is 2. The number of rotatable bonds is 7. The number of carbonyl (C=O) groups excluding carboxylic acids is 1. The van der Waals surface area contributed by atoms with Crippen molar-refractivity contribution in [3.8, 4) is 22.8 Å². The van der Waals surface area contributed by atoms with Gasteiger partial charge in [0.1, 0.15) is 11.5 Å². The maximum Gasteiger partial charge on any atom is 0.257 e. The molecule has 0 aliphatic heterocycles. The number of thiazole rings is 1. The van der Waals surface area contributed by atoms with Crippen molar-refractivity contribution in [2.75, 3.05) is 19.5 Å². The lowest BCUT2D eigenvalue weighted by atomic mass is 9.97. The number of carbonyl (C=O) groups is 1. The molecule has 28 heavy (non-hydrogen) atoms. The molecule has 0 aliphatic carbocycles. The van der Waals surface area contributed by atoms with Crippen molar-refractivity contribution in [1.82, 2.24) is 4.98 Å². The molecular formula is C22H24N2O3S. The van der Waals surface area contributed by atoms with Gasteiger partial charge in [0.05, 0.1) is 19.9 Å². The minimum absolute atomic E-state index is 0.259. The highest BCUT2D eigenvalue weighted by Crippen LogP contribution is 2.28. The summed E-state index contributed by atoms with van der Waals surface area (Å²) in [5, 5.41) is 5.34. The average molecular weight is 397 g/mol. The number of aromatic nitrogens is 1. The first-order valence-corrected chi connectivity index (χ1v) is 10.0. The van der Waals surface area contributed by atoms with Gasteiger partial charge in [-0.05, 0) is 30.0 Å². The van der Waals surface area contributed by atoms with E-state index in [2.05, 4.69) is 48.4 Å². The number of nitrogens with zero attached hydrogens (tertiary/aromatic N) is 1. The van der Waals surface area contributed by atoms with E-state index in [0.717, 1.165) is 17.7 Å². The Morgan fingerprint density at radius 3 is 2.32 bits per heavy atom. The zero-order valence-electron chi connectivity index (χ0n) is 16.5. The Labute approximate surface area is 169 Å². The number of methoxy groups -OCH3 is 2. The van der Waals surface area contributed by atoms with Gasteiger partial charge in [0.15, 0.2) is 5.13 Å². The van der Waals surface area contributed by atoms with Crippen molar-refractivity contribution in [2.45, 2.75) is 26.2 Å². The summed E-state index contributed by atoms with van der Waals surface area (Å²) in [4.78, 5) is 17.1. The minimum Gasteiger partial charge on any atom is -0.497 e. The first-order valence-electron chi connectivity index (χ1n) is 9.14. The van der Waals surface area contributed by atoms with Gasteiger partial charge in [-0.2, -0.15) is 0 Å². The summed E-state index contributed by atoms with van der Waals surface area (Å²) in [5.41, 5.74) is 3.65. The lowest BCUT2D eigenvalue weighted by Gasteiger charge is -2.09. The fraction of sp³-hybridized carbons (Fsp3) is 0.273. The van der Waals surface area contributed by atoms with E-state index in [1.54, 1.807) is 32.4 Å². The van der Waals surface area contributed by atoms with E-state index in [4.69, 9.17) is 9.47 Å². The van der Waals surface area contributed by atoms with Crippen molar-refractivity contribution < 1.29 is 14.3 Å². The van der Waals surface area contributed by atoms with Crippen molar-refractivity contribution in [2.24, 2.45) is 0 Å². The molecule has 2 aromatic carbocycles. The molecule has 1 aromatic heterocycles. The third kappa shape index (κ3) is 4.51. The second kappa shape index (κ2) is 8.89. The molecule has 3 aromatic rings. The SMILES string of the molecule is CCC(C)c1ccc(-c2csc(NC(=O)c3cc(OC)cc(OC)c3)n2)cc1. The van der Waals surface area contributed by atoms with E-state index >= 15 is 0 Å². The van der Waals surface area contributed by atoms with Crippen LogP contribution < -0.4 is 14.8 Å². The van der Waals surface area contributed by atoms with E-state index in [1.807, 2.05) is 5.38 Å². The smallest absolute Gasteiger partial charge is 0.257 e. The molecule has 1 N–H and O–H groups in total. The second-order valence-electron chi connectivity index (χ2n) is 6.52. The predicted molar refractivity (Wildman–Crippen MR) is 114 cm³/mol. The highest BCUT2D eigenvalue weighted by Gasteiger charge is 2.13. The van der Waals surface area contributed by atoms with Gasteiger partial charge in [0.2, 0.25) is 0 Å². The van der Waals surface area contributed by atoms with Crippen molar-refractivity contribution in [3.63, 3.8) is 0 Å². The molecule has 3 rings (SSSR count). The quantitative estimate of drug-likeness (QED) is 0.565. The number of nitrogens with one attached hydrogen (secondary N) is 1. The number of amides is 1. The van der Waals surface area contributed by atoms with Gasteiger partial charge >= 0.3 is 0 Å². The fourth-order valence-electron chi connectivity index (χ4n) is 2.79. The fourth-order valence-corrected chi connectivity index (χ4v) is 3.50. The third-order valence-electron chi connectivity index (χ3n) is 4.73. The highest BCUT2D eigenvalue weighted by molar-refractivity contribution is 7.14. The molecular weight excluding hydrogens is 372 g/mol. The Bertz CT molecular complexity index is 928. The van der Waals surface area contributed by atoms with Crippen LogP contribution in [0.5, 0.6) is 11.5 Å². The molecule has 1 amide bonds. The molecule has 1 heterocycles. The molecule has 6 heteroatoms. The molecule has 0 radical (unpaired) electrons. The number of anilines is 1. The molecule has 0 spiro atoms. The highest BCUT2D eigenvalue weighted by atomic mass is 32.1. The molecule has 1 atom stereocenters. The van der Waals surface area contributed by atoms with Crippen LogP contribution in [-0.2, 0) is 0 Å². The predicted octanol–water partition coefficient (Wildman–Crippen LogP) is 5.59. The number of hydrogen-bond acceptors (Lipinski definition) is 5. The van der Waals surface area contributed by atoms with Gasteiger partial charge in [-0.25, -0.2) is 4.98 Å². The lowest BCUT2D eigenvalue weighted by Crippen LogP contribution is -2.12. The normalized spacial score (nSPS) is 11.7. The maximum atomic E-state index is 12.6. The van der Waals surface area contributed by atoms with E-state index in [0.29, 0.717) is 28.1 Å². The lowest BCUT2D eigenvalue weighted by molar-refractivity contribution is 0.102. The second-order valence-corrected chi connectivity index (χ2v) is 7.38. The van der Waals surface area contributed by atoms with Crippen LogP contribution in [0.4, 0.5) is 5.13 Å². The number of ether oxygens (including phenoxy) is 2. The van der Waals surface area contributed by atoms with Crippen molar-refractivity contribution in [1.29, 1.82) is 0 Å². The Morgan fingerprint density at radius 1 is 1.11 bits per heavy atom. The molecule has 146 valence electrons. The summed E-state index contributed by atoms with van der Waals surface area (Å²) in [6.07, 6.45) is 1.11. The van der Waals surface area contributed by atoms with Gasteiger partial charge in [-0.1, -0.05) is 38.1 Å². The van der Waals surface area contributed by atoms with Gasteiger partial charge in [-0.3, -0.25) is 10.1 Å². The summed E-state index contributed by atoms with van der Waals surface area (Å²) in [6, 6.07) is 13.5. The molecule has 0 fully saturated rings. The Hall–Kier alpha value is -2.86. The standard InChI is InChI=1S/C22H24N2O3S/c1-5-14(2)15-6-8-16(9-7-15)20-13-28-22(23-20)24-21(25)17-10-18(26-3)12-19(11-17)27-4/h6-14H,5H2,1-4H3,(H,23,24,25). The van der Waals surface area contributed by atoms with E-state index in [1.165, 1.54) is 16.9 Å². The van der Waals surface area contributed by atoms with Crippen LogP contribution in [0.1, 0.15) is 42.1 Å². The summed E-state index contributed by atoms with van der Waals surface area (Å²) in [5.74, 6) is 1.40. The average Bonchev–Trinajstić information content (AvgIpc) is 3.21. The largest absolute Gasteiger partial charge is 0.497 e. The van der Waals surface area contributed by atoms with Crippen LogP contribution in [0, 0.1) is 0 Å². The van der Waals surface area contributed by atoms with Crippen LogP contribution in [0.2, 0.25) is 0 Å². The summed E-state index contributed by atoms with van der Waals surface area (Å²) >= 11 is 1.40. The van der Waals surface area contributed by atoms with Crippen molar-refractivity contribution >= 4 is 22.4 Å².